The lowest BCUT2D eigenvalue weighted by atomic mass is 10.1. The summed E-state index contributed by atoms with van der Waals surface area (Å²) in [6.07, 6.45) is 0.209. The first-order valence-corrected chi connectivity index (χ1v) is 10.1. The molecule has 146 valence electrons. The third-order valence-electron chi connectivity index (χ3n) is 4.79. The molecule has 0 bridgehead atoms. The molecule has 3 aromatic rings. The van der Waals surface area contributed by atoms with Gasteiger partial charge in [0, 0.05) is 17.5 Å². The van der Waals surface area contributed by atoms with Crippen LogP contribution in [0.15, 0.2) is 33.9 Å². The fourth-order valence-corrected chi connectivity index (χ4v) is 3.92. The van der Waals surface area contributed by atoms with E-state index in [0.29, 0.717) is 23.6 Å². The first-order chi connectivity index (χ1) is 13.5. The van der Waals surface area contributed by atoms with Crippen LogP contribution in [-0.4, -0.2) is 24.9 Å². The number of alkyl halides is 3. The third-order valence-corrected chi connectivity index (χ3v) is 5.71. The molecule has 0 spiro atoms. The van der Waals surface area contributed by atoms with E-state index >= 15 is 0 Å². The van der Waals surface area contributed by atoms with E-state index in [2.05, 4.69) is 24.9 Å². The largest absolute Gasteiger partial charge is 0.416 e. The number of thioether (sulfide) groups is 1. The smallest absolute Gasteiger partial charge is 0.338 e. The van der Waals surface area contributed by atoms with Crippen molar-refractivity contribution < 1.29 is 17.7 Å². The number of hydrogen-bond acceptors (Lipinski definition) is 6. The molecule has 6 nitrogen and oxygen atoms in total. The van der Waals surface area contributed by atoms with E-state index in [1.807, 2.05) is 0 Å². The van der Waals surface area contributed by atoms with Crippen molar-refractivity contribution in [2.45, 2.75) is 54.7 Å². The predicted octanol–water partition coefficient (Wildman–Crippen LogP) is 4.85. The van der Waals surface area contributed by atoms with Crippen molar-refractivity contribution in [1.82, 2.24) is 24.9 Å². The summed E-state index contributed by atoms with van der Waals surface area (Å²) in [5.74, 6) is 2.47. The lowest BCUT2D eigenvalue weighted by molar-refractivity contribution is -0.137. The minimum absolute atomic E-state index is 0.143. The van der Waals surface area contributed by atoms with Crippen molar-refractivity contribution in [1.29, 1.82) is 0 Å². The van der Waals surface area contributed by atoms with Crippen LogP contribution in [0.2, 0.25) is 0 Å². The number of halogens is 3. The van der Waals surface area contributed by atoms with Crippen LogP contribution in [0.5, 0.6) is 0 Å². The summed E-state index contributed by atoms with van der Waals surface area (Å²) >= 11 is 1.46. The molecule has 0 unspecified atom stereocenters. The van der Waals surface area contributed by atoms with Gasteiger partial charge in [-0.25, -0.2) is 0 Å². The summed E-state index contributed by atoms with van der Waals surface area (Å²) in [5, 5.41) is 13.3. The minimum atomic E-state index is -4.41. The highest BCUT2D eigenvalue weighted by atomic mass is 32.2. The molecule has 2 aliphatic rings. The molecule has 0 N–H and O–H groups in total. The maximum atomic E-state index is 12.9. The van der Waals surface area contributed by atoms with Crippen molar-refractivity contribution in [3.05, 3.63) is 41.5 Å². The Morgan fingerprint density at radius 3 is 2.68 bits per heavy atom. The Balaban J connectivity index is 1.32. The Kier molecular flexibility index (Phi) is 4.18. The van der Waals surface area contributed by atoms with Gasteiger partial charge in [-0.05, 0) is 37.8 Å². The highest BCUT2D eigenvalue weighted by Gasteiger charge is 2.36. The molecule has 2 fully saturated rings. The van der Waals surface area contributed by atoms with Gasteiger partial charge in [0.25, 0.3) is 0 Å². The van der Waals surface area contributed by atoms with Crippen LogP contribution >= 0.6 is 11.8 Å². The second-order valence-electron chi connectivity index (χ2n) is 7.10. The summed E-state index contributed by atoms with van der Waals surface area (Å²) in [5.41, 5.74) is -0.470. The van der Waals surface area contributed by atoms with Crippen LogP contribution in [0.1, 0.15) is 54.9 Å². The fraction of sp³-hybridized carbons (Fsp3) is 0.444. The van der Waals surface area contributed by atoms with Crippen molar-refractivity contribution in [2.75, 3.05) is 0 Å². The van der Waals surface area contributed by atoms with Gasteiger partial charge in [0.2, 0.25) is 11.7 Å². The van der Waals surface area contributed by atoms with E-state index < -0.39 is 11.7 Å². The van der Waals surface area contributed by atoms with Gasteiger partial charge < -0.3 is 9.09 Å². The monoisotopic (exact) mass is 407 g/mol. The molecule has 0 amide bonds. The van der Waals surface area contributed by atoms with E-state index in [0.717, 1.165) is 36.0 Å². The molecule has 2 saturated carbocycles. The topological polar surface area (TPSA) is 69.6 Å². The number of benzene rings is 1. The van der Waals surface area contributed by atoms with Gasteiger partial charge in [0.05, 0.1) is 11.3 Å². The van der Waals surface area contributed by atoms with E-state index in [4.69, 9.17) is 4.52 Å². The van der Waals surface area contributed by atoms with Gasteiger partial charge >= 0.3 is 6.18 Å². The second-order valence-corrected chi connectivity index (χ2v) is 8.04. The Bertz CT molecular complexity index is 1010. The number of rotatable bonds is 6. The van der Waals surface area contributed by atoms with Gasteiger partial charge in [-0.1, -0.05) is 29.1 Å². The molecular formula is C18H16F3N5OS. The molecule has 0 radical (unpaired) electrons. The van der Waals surface area contributed by atoms with E-state index in [-0.39, 0.29) is 11.4 Å². The van der Waals surface area contributed by atoms with Gasteiger partial charge in [-0.15, -0.1) is 10.2 Å². The van der Waals surface area contributed by atoms with Crippen molar-refractivity contribution in [3.8, 4) is 11.4 Å². The molecule has 2 heterocycles. The predicted molar refractivity (Wildman–Crippen MR) is 94.6 cm³/mol. The first kappa shape index (κ1) is 17.7. The van der Waals surface area contributed by atoms with Crippen LogP contribution in [0, 0.1) is 0 Å². The Hall–Kier alpha value is -2.36. The zero-order valence-corrected chi connectivity index (χ0v) is 15.5. The average Bonchev–Trinajstić information content (AvgIpc) is 3.61. The highest BCUT2D eigenvalue weighted by Crippen LogP contribution is 2.46. The maximum Gasteiger partial charge on any atom is 0.416 e. The fourth-order valence-electron chi connectivity index (χ4n) is 3.07. The molecule has 0 aliphatic heterocycles. The summed E-state index contributed by atoms with van der Waals surface area (Å²) < 4.78 is 46.1. The average molecular weight is 407 g/mol. The Labute approximate surface area is 162 Å². The summed E-state index contributed by atoms with van der Waals surface area (Å²) in [4.78, 5) is 4.24. The van der Waals surface area contributed by atoms with Crippen LogP contribution in [0.25, 0.3) is 11.4 Å². The number of nitrogens with zero attached hydrogens (tertiary/aromatic N) is 5. The molecule has 2 aromatic heterocycles. The highest BCUT2D eigenvalue weighted by molar-refractivity contribution is 7.98. The minimum Gasteiger partial charge on any atom is -0.338 e. The van der Waals surface area contributed by atoms with Crippen molar-refractivity contribution >= 4 is 11.8 Å². The lowest BCUT2D eigenvalue weighted by Gasteiger charge is -2.07. The summed E-state index contributed by atoms with van der Waals surface area (Å²) in [6.45, 7) is 0. The second kappa shape index (κ2) is 6.61. The van der Waals surface area contributed by atoms with Gasteiger partial charge in [-0.3, -0.25) is 0 Å². The van der Waals surface area contributed by atoms with Gasteiger partial charge in [0.1, 0.15) is 5.82 Å². The maximum absolute atomic E-state index is 12.9. The molecular weight excluding hydrogens is 391 g/mol. The first-order valence-electron chi connectivity index (χ1n) is 9.07. The normalized spacial score (nSPS) is 17.2. The zero-order valence-electron chi connectivity index (χ0n) is 14.7. The third kappa shape index (κ3) is 3.52. The SMILES string of the molecule is FC(F)(F)c1cccc(-c2noc(CSc3nnc(C4CC4)n3C3CC3)n2)c1. The quantitative estimate of drug-likeness (QED) is 0.544. The number of aromatic nitrogens is 5. The van der Waals surface area contributed by atoms with Crippen molar-refractivity contribution in [3.63, 3.8) is 0 Å². The zero-order chi connectivity index (χ0) is 19.3. The van der Waals surface area contributed by atoms with Crippen LogP contribution in [-0.2, 0) is 11.9 Å². The number of hydrogen-bond donors (Lipinski definition) is 0. The standard InChI is InChI=1S/C18H16F3N5OS/c19-18(20,21)12-3-1-2-11(8-12)15-22-14(27-25-15)9-28-17-24-23-16(10-4-5-10)26(17)13-6-7-13/h1-3,8,10,13H,4-7,9H2. The molecule has 28 heavy (non-hydrogen) atoms. The van der Waals surface area contributed by atoms with Crippen LogP contribution in [0.3, 0.4) is 0 Å². The molecule has 1 aromatic carbocycles. The molecule has 2 aliphatic carbocycles. The summed E-state index contributed by atoms with van der Waals surface area (Å²) in [7, 11) is 0. The van der Waals surface area contributed by atoms with Gasteiger partial charge in [-0.2, -0.15) is 18.2 Å². The van der Waals surface area contributed by atoms with Gasteiger partial charge in [0.15, 0.2) is 5.16 Å². The van der Waals surface area contributed by atoms with E-state index in [9.17, 15) is 13.2 Å². The molecule has 5 rings (SSSR count). The Morgan fingerprint density at radius 2 is 1.96 bits per heavy atom. The van der Waals surface area contributed by atoms with Crippen LogP contribution < -0.4 is 0 Å². The molecule has 0 atom stereocenters. The van der Waals surface area contributed by atoms with Crippen molar-refractivity contribution in [2.24, 2.45) is 0 Å². The molecule has 0 saturated heterocycles. The Morgan fingerprint density at radius 1 is 1.14 bits per heavy atom. The lowest BCUT2D eigenvalue weighted by Crippen LogP contribution is -2.04. The summed E-state index contributed by atoms with van der Waals surface area (Å²) in [6, 6.07) is 5.38. The molecule has 10 heteroatoms. The van der Waals surface area contributed by atoms with E-state index in [1.54, 1.807) is 0 Å². The van der Waals surface area contributed by atoms with E-state index in [1.165, 1.54) is 36.7 Å². The van der Waals surface area contributed by atoms with Crippen LogP contribution in [0.4, 0.5) is 13.2 Å².